The predicted molar refractivity (Wildman–Crippen MR) is 46.7 cm³/mol. The van der Waals surface area contributed by atoms with E-state index in [1.165, 1.54) is 38.5 Å². The van der Waals surface area contributed by atoms with Crippen molar-refractivity contribution in [1.29, 1.82) is 0 Å². The van der Waals surface area contributed by atoms with Crippen LogP contribution in [0.3, 0.4) is 0 Å². The molecule has 66 valence electrons. The third kappa shape index (κ3) is 0.725. The predicted octanol–water partition coefficient (Wildman–Crippen LogP) is 2.55. The van der Waals surface area contributed by atoms with E-state index < -0.39 is 0 Å². The molecule has 3 saturated carbocycles. The average molecular weight is 164 g/mol. The van der Waals surface area contributed by atoms with Gasteiger partial charge in [-0.15, -0.1) is 0 Å². The minimum atomic E-state index is 0.490. The van der Waals surface area contributed by atoms with E-state index in [2.05, 4.69) is 0 Å². The number of carbonyl (C=O) groups is 1. The van der Waals surface area contributed by atoms with Gasteiger partial charge in [0.1, 0.15) is 5.78 Å². The third-order valence-electron chi connectivity index (χ3n) is 4.64. The Morgan fingerprint density at radius 3 is 3.17 bits per heavy atom. The van der Waals surface area contributed by atoms with Gasteiger partial charge in [-0.05, 0) is 43.4 Å². The summed E-state index contributed by atoms with van der Waals surface area (Å²) in [5.41, 5.74) is 0.665. The zero-order valence-corrected chi connectivity index (χ0v) is 7.51. The number of ketones is 1. The second kappa shape index (κ2) is 2.12. The van der Waals surface area contributed by atoms with Crippen LogP contribution in [0.15, 0.2) is 0 Å². The van der Waals surface area contributed by atoms with Crippen LogP contribution < -0.4 is 0 Å². The van der Waals surface area contributed by atoms with Crippen LogP contribution in [0.4, 0.5) is 0 Å². The van der Waals surface area contributed by atoms with Gasteiger partial charge in [-0.2, -0.15) is 0 Å². The quantitative estimate of drug-likeness (QED) is 0.537. The smallest absolute Gasteiger partial charge is 0.136 e. The first-order valence-corrected chi connectivity index (χ1v) is 5.33. The number of Topliss-reactive ketones (excluding diaryl/α,β-unsaturated/α-hetero) is 1. The fraction of sp³-hybridized carbons (Fsp3) is 0.909. The van der Waals surface area contributed by atoms with Crippen LogP contribution in [0, 0.1) is 17.3 Å². The summed E-state index contributed by atoms with van der Waals surface area (Å²) in [5.74, 6) is 2.01. The zero-order chi connectivity index (χ0) is 8.18. The van der Waals surface area contributed by atoms with Gasteiger partial charge < -0.3 is 0 Å². The molecular weight excluding hydrogens is 148 g/mol. The molecular formula is C11H16O. The maximum atomic E-state index is 11.5. The third-order valence-corrected chi connectivity index (χ3v) is 4.64. The number of rotatable bonds is 0. The van der Waals surface area contributed by atoms with Crippen LogP contribution in [0.2, 0.25) is 0 Å². The van der Waals surface area contributed by atoms with Crippen molar-refractivity contribution in [2.45, 2.75) is 44.9 Å². The molecule has 12 heavy (non-hydrogen) atoms. The molecule has 1 nitrogen and oxygen atoms in total. The lowest BCUT2D eigenvalue weighted by Gasteiger charge is -2.31. The molecule has 0 N–H and O–H groups in total. The van der Waals surface area contributed by atoms with Crippen LogP contribution in [0.25, 0.3) is 0 Å². The van der Waals surface area contributed by atoms with Crippen LogP contribution in [0.5, 0.6) is 0 Å². The Labute approximate surface area is 73.5 Å². The molecule has 0 heterocycles. The van der Waals surface area contributed by atoms with Crippen molar-refractivity contribution in [3.05, 3.63) is 0 Å². The first-order valence-electron chi connectivity index (χ1n) is 5.33. The molecule has 0 aliphatic heterocycles. The molecule has 3 aliphatic carbocycles. The summed E-state index contributed by atoms with van der Waals surface area (Å²) in [5, 5.41) is 0. The summed E-state index contributed by atoms with van der Waals surface area (Å²) in [6, 6.07) is 0. The van der Waals surface area contributed by atoms with E-state index in [4.69, 9.17) is 0 Å². The molecule has 0 saturated heterocycles. The second-order valence-electron chi connectivity index (χ2n) is 5.05. The topological polar surface area (TPSA) is 17.1 Å². The summed E-state index contributed by atoms with van der Waals surface area (Å²) in [6.07, 6.45) is 8.93. The van der Waals surface area contributed by atoms with Crippen molar-refractivity contribution in [3.63, 3.8) is 0 Å². The highest BCUT2D eigenvalue weighted by atomic mass is 16.1. The molecule has 0 unspecified atom stereocenters. The van der Waals surface area contributed by atoms with E-state index in [0.717, 1.165) is 12.3 Å². The highest BCUT2D eigenvalue weighted by Crippen LogP contribution is 2.61. The first-order chi connectivity index (χ1) is 5.80. The van der Waals surface area contributed by atoms with Gasteiger partial charge in [-0.1, -0.05) is 6.42 Å². The SMILES string of the molecule is O=C1CC[C@@]23CCC[C@@H]2C[C@@H]1C3. The highest BCUT2D eigenvalue weighted by molar-refractivity contribution is 5.82. The molecule has 3 aliphatic rings. The average Bonchev–Trinajstić information content (AvgIpc) is 2.52. The van der Waals surface area contributed by atoms with Crippen LogP contribution in [0.1, 0.15) is 44.9 Å². The lowest BCUT2D eigenvalue weighted by molar-refractivity contribution is -0.125. The molecule has 3 fully saturated rings. The molecule has 1 spiro atoms. The van der Waals surface area contributed by atoms with E-state index in [-0.39, 0.29) is 0 Å². The van der Waals surface area contributed by atoms with Gasteiger partial charge in [0.2, 0.25) is 0 Å². The molecule has 3 rings (SSSR count). The van der Waals surface area contributed by atoms with E-state index in [1.54, 1.807) is 0 Å². The first kappa shape index (κ1) is 7.11. The molecule has 2 bridgehead atoms. The summed E-state index contributed by atoms with van der Waals surface area (Å²) in [6.45, 7) is 0. The molecule has 0 radical (unpaired) electrons. The van der Waals surface area contributed by atoms with Crippen molar-refractivity contribution in [2.75, 3.05) is 0 Å². The van der Waals surface area contributed by atoms with Crippen LogP contribution in [-0.2, 0) is 4.79 Å². The minimum Gasteiger partial charge on any atom is -0.299 e. The molecule has 1 heteroatoms. The molecule has 0 amide bonds. The lowest BCUT2D eigenvalue weighted by atomic mass is 9.72. The van der Waals surface area contributed by atoms with Gasteiger partial charge in [0.25, 0.3) is 0 Å². The maximum Gasteiger partial charge on any atom is 0.136 e. The van der Waals surface area contributed by atoms with Gasteiger partial charge in [0.05, 0.1) is 0 Å². The highest BCUT2D eigenvalue weighted by Gasteiger charge is 2.53. The standard InChI is InChI=1S/C11H16O/c12-10-3-5-11-4-1-2-9(11)6-8(10)7-11/h8-9H,1-7H2/t8-,9-,11-/m1/s1. The summed E-state index contributed by atoms with van der Waals surface area (Å²) < 4.78 is 0. The molecule has 0 aromatic carbocycles. The Kier molecular flexibility index (Phi) is 1.26. The lowest BCUT2D eigenvalue weighted by Crippen LogP contribution is -2.26. The summed E-state index contributed by atoms with van der Waals surface area (Å²) in [4.78, 5) is 11.5. The van der Waals surface area contributed by atoms with E-state index in [0.29, 0.717) is 17.1 Å². The molecule has 0 aromatic rings. The number of hydrogen-bond donors (Lipinski definition) is 0. The molecule has 3 atom stereocenters. The Hall–Kier alpha value is -0.330. The zero-order valence-electron chi connectivity index (χ0n) is 7.51. The van der Waals surface area contributed by atoms with Crippen LogP contribution >= 0.6 is 0 Å². The van der Waals surface area contributed by atoms with Crippen molar-refractivity contribution in [3.8, 4) is 0 Å². The minimum absolute atomic E-state index is 0.490. The van der Waals surface area contributed by atoms with Gasteiger partial charge in [0, 0.05) is 12.3 Å². The summed E-state index contributed by atoms with van der Waals surface area (Å²) >= 11 is 0. The monoisotopic (exact) mass is 164 g/mol. The van der Waals surface area contributed by atoms with Crippen LogP contribution in [-0.4, -0.2) is 5.78 Å². The van der Waals surface area contributed by atoms with E-state index in [9.17, 15) is 4.79 Å². The Bertz CT molecular complexity index is 233. The number of hydrogen-bond acceptors (Lipinski definition) is 1. The Morgan fingerprint density at radius 1 is 1.33 bits per heavy atom. The Balaban J connectivity index is 1.95. The number of carbonyl (C=O) groups excluding carboxylic acids is 1. The Morgan fingerprint density at radius 2 is 2.25 bits per heavy atom. The van der Waals surface area contributed by atoms with Crippen molar-refractivity contribution in [1.82, 2.24) is 0 Å². The van der Waals surface area contributed by atoms with E-state index in [1.807, 2.05) is 0 Å². The second-order valence-corrected chi connectivity index (χ2v) is 5.05. The normalized spacial score (nSPS) is 51.2. The fourth-order valence-corrected chi connectivity index (χ4v) is 4.02. The largest absolute Gasteiger partial charge is 0.299 e. The number of fused-ring (bicyclic) bond motifs is 1. The van der Waals surface area contributed by atoms with Crippen molar-refractivity contribution < 1.29 is 4.79 Å². The van der Waals surface area contributed by atoms with Crippen molar-refractivity contribution >= 4 is 5.78 Å². The van der Waals surface area contributed by atoms with Gasteiger partial charge in [-0.25, -0.2) is 0 Å². The fourth-order valence-electron chi connectivity index (χ4n) is 4.02. The van der Waals surface area contributed by atoms with Gasteiger partial charge in [0.15, 0.2) is 0 Å². The molecule has 0 aromatic heterocycles. The van der Waals surface area contributed by atoms with Gasteiger partial charge >= 0.3 is 0 Å². The van der Waals surface area contributed by atoms with E-state index >= 15 is 0 Å². The maximum absolute atomic E-state index is 11.5. The van der Waals surface area contributed by atoms with Gasteiger partial charge in [-0.3, -0.25) is 4.79 Å². The van der Waals surface area contributed by atoms with Crippen molar-refractivity contribution in [2.24, 2.45) is 17.3 Å². The summed E-state index contributed by atoms with van der Waals surface area (Å²) in [7, 11) is 0.